The third kappa shape index (κ3) is 3.74. The molecule has 21 heavy (non-hydrogen) atoms. The number of nitrogens with zero attached hydrogens (tertiary/aromatic N) is 1. The van der Waals surface area contributed by atoms with E-state index in [4.69, 9.17) is 0 Å². The first kappa shape index (κ1) is 15.4. The number of hydrogen-bond donors (Lipinski definition) is 2. The van der Waals surface area contributed by atoms with Crippen LogP contribution in [0.4, 0.5) is 10.5 Å². The standard InChI is InChI=1S/C16H23N3O2/c1-10(2)19-9-13(8-15(19)20)17-16(21)18-14-7-11(3)5-6-12(14)4/h5-7,10,13H,8-9H2,1-4H3,(H2,17,18,21). The summed E-state index contributed by atoms with van der Waals surface area (Å²) < 4.78 is 0. The quantitative estimate of drug-likeness (QED) is 0.897. The number of likely N-dealkylation sites (tertiary alicyclic amines) is 1. The molecular formula is C16H23N3O2. The van der Waals surface area contributed by atoms with Gasteiger partial charge in [0, 0.05) is 24.7 Å². The Morgan fingerprint density at radius 3 is 2.67 bits per heavy atom. The molecule has 1 fully saturated rings. The Kier molecular flexibility index (Phi) is 4.50. The van der Waals surface area contributed by atoms with Gasteiger partial charge in [0.25, 0.3) is 0 Å². The van der Waals surface area contributed by atoms with Gasteiger partial charge in [-0.05, 0) is 44.9 Å². The molecule has 5 heteroatoms. The summed E-state index contributed by atoms with van der Waals surface area (Å²) in [5.74, 6) is 0.0991. The van der Waals surface area contributed by atoms with Crippen LogP contribution in [0, 0.1) is 13.8 Å². The van der Waals surface area contributed by atoms with Crippen molar-refractivity contribution in [2.45, 2.75) is 46.2 Å². The molecule has 1 unspecified atom stereocenters. The van der Waals surface area contributed by atoms with Crippen molar-refractivity contribution in [3.05, 3.63) is 29.3 Å². The molecule has 0 radical (unpaired) electrons. The van der Waals surface area contributed by atoms with Crippen LogP contribution in [0.1, 0.15) is 31.4 Å². The minimum absolute atomic E-state index is 0.0991. The first-order valence-electron chi connectivity index (χ1n) is 7.31. The number of urea groups is 1. The van der Waals surface area contributed by atoms with Crippen LogP contribution in [0.3, 0.4) is 0 Å². The van der Waals surface area contributed by atoms with E-state index in [-0.39, 0.29) is 24.0 Å². The summed E-state index contributed by atoms with van der Waals surface area (Å²) in [6, 6.07) is 5.72. The Morgan fingerprint density at radius 2 is 2.05 bits per heavy atom. The molecule has 1 heterocycles. The predicted molar refractivity (Wildman–Crippen MR) is 83.3 cm³/mol. The van der Waals surface area contributed by atoms with E-state index in [1.807, 2.05) is 45.9 Å². The fourth-order valence-electron chi connectivity index (χ4n) is 2.54. The van der Waals surface area contributed by atoms with Gasteiger partial charge in [-0.1, -0.05) is 12.1 Å². The second kappa shape index (κ2) is 6.16. The minimum Gasteiger partial charge on any atom is -0.338 e. The zero-order valence-electron chi connectivity index (χ0n) is 13.1. The zero-order chi connectivity index (χ0) is 15.6. The van der Waals surface area contributed by atoms with Gasteiger partial charge in [-0.3, -0.25) is 4.79 Å². The van der Waals surface area contributed by atoms with Crippen LogP contribution in [0.5, 0.6) is 0 Å². The SMILES string of the molecule is Cc1ccc(C)c(NC(=O)NC2CC(=O)N(C(C)C)C2)c1. The van der Waals surface area contributed by atoms with E-state index in [0.29, 0.717) is 13.0 Å². The molecule has 2 N–H and O–H groups in total. The van der Waals surface area contributed by atoms with Gasteiger partial charge in [0.2, 0.25) is 5.91 Å². The predicted octanol–water partition coefficient (Wildman–Crippen LogP) is 2.43. The first-order chi connectivity index (χ1) is 9.86. The molecule has 0 aromatic heterocycles. The number of nitrogens with one attached hydrogen (secondary N) is 2. The number of hydrogen-bond acceptors (Lipinski definition) is 2. The molecular weight excluding hydrogens is 266 g/mol. The van der Waals surface area contributed by atoms with E-state index in [1.54, 1.807) is 4.90 Å². The summed E-state index contributed by atoms with van der Waals surface area (Å²) >= 11 is 0. The molecule has 0 saturated carbocycles. The molecule has 5 nitrogen and oxygen atoms in total. The van der Waals surface area contributed by atoms with E-state index in [2.05, 4.69) is 10.6 Å². The second-order valence-corrected chi connectivity index (χ2v) is 5.96. The molecule has 1 saturated heterocycles. The maximum absolute atomic E-state index is 12.1. The molecule has 0 spiro atoms. The summed E-state index contributed by atoms with van der Waals surface area (Å²) in [5, 5.41) is 5.73. The Bertz CT molecular complexity index is 554. The minimum atomic E-state index is -0.257. The lowest BCUT2D eigenvalue weighted by Gasteiger charge is -2.21. The van der Waals surface area contributed by atoms with Gasteiger partial charge in [-0.15, -0.1) is 0 Å². The van der Waals surface area contributed by atoms with Gasteiger partial charge in [-0.25, -0.2) is 4.79 Å². The fraction of sp³-hybridized carbons (Fsp3) is 0.500. The number of anilines is 1. The van der Waals surface area contributed by atoms with Crippen LogP contribution < -0.4 is 10.6 Å². The number of carbonyl (C=O) groups is 2. The monoisotopic (exact) mass is 289 g/mol. The zero-order valence-corrected chi connectivity index (χ0v) is 13.1. The normalized spacial score (nSPS) is 18.2. The maximum Gasteiger partial charge on any atom is 0.319 e. The number of carbonyl (C=O) groups excluding carboxylic acids is 2. The lowest BCUT2D eigenvalue weighted by molar-refractivity contribution is -0.129. The first-order valence-corrected chi connectivity index (χ1v) is 7.31. The molecule has 1 aliphatic heterocycles. The van der Waals surface area contributed by atoms with E-state index < -0.39 is 0 Å². The molecule has 0 aliphatic carbocycles. The van der Waals surface area contributed by atoms with Gasteiger partial charge in [0.15, 0.2) is 0 Å². The van der Waals surface area contributed by atoms with E-state index in [9.17, 15) is 9.59 Å². The average molecular weight is 289 g/mol. The topological polar surface area (TPSA) is 61.4 Å². The number of rotatable bonds is 3. The number of benzene rings is 1. The lowest BCUT2D eigenvalue weighted by atomic mass is 10.1. The fourth-order valence-corrected chi connectivity index (χ4v) is 2.54. The third-order valence-electron chi connectivity index (χ3n) is 3.76. The lowest BCUT2D eigenvalue weighted by Crippen LogP contribution is -2.40. The van der Waals surface area contributed by atoms with Crippen molar-refractivity contribution in [2.24, 2.45) is 0 Å². The van der Waals surface area contributed by atoms with Crippen molar-refractivity contribution >= 4 is 17.6 Å². The Morgan fingerprint density at radius 1 is 1.33 bits per heavy atom. The highest BCUT2D eigenvalue weighted by molar-refractivity contribution is 5.91. The van der Waals surface area contributed by atoms with Crippen molar-refractivity contribution in [1.82, 2.24) is 10.2 Å². The van der Waals surface area contributed by atoms with Crippen LogP contribution in [0.2, 0.25) is 0 Å². The van der Waals surface area contributed by atoms with E-state index in [1.165, 1.54) is 0 Å². The van der Waals surface area contributed by atoms with E-state index >= 15 is 0 Å². The average Bonchev–Trinajstić information content (AvgIpc) is 2.74. The molecule has 1 aromatic rings. The van der Waals surface area contributed by atoms with Crippen LogP contribution in [-0.2, 0) is 4.79 Å². The molecule has 2 rings (SSSR count). The summed E-state index contributed by atoms with van der Waals surface area (Å²) in [5.41, 5.74) is 2.91. The summed E-state index contributed by atoms with van der Waals surface area (Å²) in [6.45, 7) is 8.48. The molecule has 0 bridgehead atoms. The Labute approximate surface area is 125 Å². The Hall–Kier alpha value is -2.04. The maximum atomic E-state index is 12.1. The van der Waals surface area contributed by atoms with Crippen molar-refractivity contribution in [3.8, 4) is 0 Å². The van der Waals surface area contributed by atoms with Crippen molar-refractivity contribution in [1.29, 1.82) is 0 Å². The summed E-state index contributed by atoms with van der Waals surface area (Å²) in [6.07, 6.45) is 0.373. The molecule has 1 aromatic carbocycles. The second-order valence-electron chi connectivity index (χ2n) is 5.96. The van der Waals surface area contributed by atoms with Crippen molar-refractivity contribution < 1.29 is 9.59 Å². The van der Waals surface area contributed by atoms with Gasteiger partial charge in [0.05, 0.1) is 6.04 Å². The molecule has 114 valence electrons. The molecule has 1 aliphatic rings. The summed E-state index contributed by atoms with van der Waals surface area (Å²) in [7, 11) is 0. The number of aryl methyl sites for hydroxylation is 2. The highest BCUT2D eigenvalue weighted by Gasteiger charge is 2.31. The van der Waals surface area contributed by atoms with Crippen molar-refractivity contribution in [2.75, 3.05) is 11.9 Å². The van der Waals surface area contributed by atoms with Gasteiger partial charge >= 0.3 is 6.03 Å². The van der Waals surface area contributed by atoms with Gasteiger partial charge in [-0.2, -0.15) is 0 Å². The Balaban J connectivity index is 1.94. The highest BCUT2D eigenvalue weighted by Crippen LogP contribution is 2.17. The smallest absolute Gasteiger partial charge is 0.319 e. The molecule has 3 amide bonds. The number of amides is 3. The van der Waals surface area contributed by atoms with Crippen LogP contribution in [0.25, 0.3) is 0 Å². The molecule has 1 atom stereocenters. The third-order valence-corrected chi connectivity index (χ3v) is 3.76. The van der Waals surface area contributed by atoms with Crippen molar-refractivity contribution in [3.63, 3.8) is 0 Å². The highest BCUT2D eigenvalue weighted by atomic mass is 16.2. The van der Waals surface area contributed by atoms with Crippen LogP contribution >= 0.6 is 0 Å². The largest absolute Gasteiger partial charge is 0.338 e. The van der Waals surface area contributed by atoms with Crippen LogP contribution in [0.15, 0.2) is 18.2 Å². The van der Waals surface area contributed by atoms with E-state index in [0.717, 1.165) is 16.8 Å². The van der Waals surface area contributed by atoms with Gasteiger partial charge in [0.1, 0.15) is 0 Å². The summed E-state index contributed by atoms with van der Waals surface area (Å²) in [4.78, 5) is 25.7. The van der Waals surface area contributed by atoms with Crippen LogP contribution in [-0.4, -0.2) is 35.5 Å². The van der Waals surface area contributed by atoms with Gasteiger partial charge < -0.3 is 15.5 Å².